The molecule has 0 aromatic heterocycles. The van der Waals surface area contributed by atoms with Crippen molar-refractivity contribution < 1.29 is 14.3 Å². The van der Waals surface area contributed by atoms with Crippen molar-refractivity contribution in [3.8, 4) is 11.5 Å². The fourth-order valence-corrected chi connectivity index (χ4v) is 2.63. The van der Waals surface area contributed by atoms with Crippen molar-refractivity contribution >= 4 is 6.29 Å². The molecule has 0 radical (unpaired) electrons. The van der Waals surface area contributed by atoms with Crippen LogP contribution >= 0.6 is 0 Å². The van der Waals surface area contributed by atoms with Crippen LogP contribution < -0.4 is 9.47 Å². The quantitative estimate of drug-likeness (QED) is 0.718. The van der Waals surface area contributed by atoms with Gasteiger partial charge in [-0.1, -0.05) is 13.0 Å². The monoisotopic (exact) mass is 277 g/mol. The number of benzene rings is 1. The van der Waals surface area contributed by atoms with Crippen molar-refractivity contribution in [2.75, 3.05) is 33.4 Å². The van der Waals surface area contributed by atoms with Gasteiger partial charge in [0, 0.05) is 12.5 Å². The molecule has 0 N–H and O–H groups in total. The standard InChI is InChI=1S/C16H23NO3/c1-13(10-17-8-3-4-9-17)12-20-16-14(11-18)6-5-7-15(16)19-2/h5-7,11,13H,3-4,8-10,12H2,1-2H3. The largest absolute Gasteiger partial charge is 0.493 e. The van der Waals surface area contributed by atoms with Gasteiger partial charge in [-0.05, 0) is 38.1 Å². The van der Waals surface area contributed by atoms with E-state index >= 15 is 0 Å². The van der Waals surface area contributed by atoms with Gasteiger partial charge in [-0.25, -0.2) is 0 Å². The highest BCUT2D eigenvalue weighted by atomic mass is 16.5. The summed E-state index contributed by atoms with van der Waals surface area (Å²) in [7, 11) is 1.59. The Morgan fingerprint density at radius 3 is 2.75 bits per heavy atom. The predicted octanol–water partition coefficient (Wildman–Crippen LogP) is 2.62. The third-order valence-electron chi connectivity index (χ3n) is 3.64. The number of ether oxygens (including phenoxy) is 2. The van der Waals surface area contributed by atoms with E-state index in [1.807, 2.05) is 6.07 Å². The van der Waals surface area contributed by atoms with Crippen molar-refractivity contribution in [1.82, 2.24) is 4.90 Å². The van der Waals surface area contributed by atoms with Crippen LogP contribution in [0.15, 0.2) is 18.2 Å². The van der Waals surface area contributed by atoms with Gasteiger partial charge in [-0.2, -0.15) is 0 Å². The highest BCUT2D eigenvalue weighted by molar-refractivity contribution is 5.81. The van der Waals surface area contributed by atoms with E-state index in [0.717, 1.165) is 12.8 Å². The van der Waals surface area contributed by atoms with Crippen LogP contribution in [0.5, 0.6) is 11.5 Å². The van der Waals surface area contributed by atoms with E-state index in [2.05, 4.69) is 11.8 Å². The molecule has 1 saturated heterocycles. The summed E-state index contributed by atoms with van der Waals surface area (Å²) in [4.78, 5) is 13.5. The number of aldehydes is 1. The van der Waals surface area contributed by atoms with E-state index in [0.29, 0.717) is 29.6 Å². The van der Waals surface area contributed by atoms with Gasteiger partial charge < -0.3 is 14.4 Å². The van der Waals surface area contributed by atoms with Crippen LogP contribution in [0.3, 0.4) is 0 Å². The molecule has 0 bridgehead atoms. The summed E-state index contributed by atoms with van der Waals surface area (Å²) >= 11 is 0. The Balaban J connectivity index is 1.93. The molecule has 0 aliphatic carbocycles. The smallest absolute Gasteiger partial charge is 0.171 e. The van der Waals surface area contributed by atoms with Crippen LogP contribution in [0.1, 0.15) is 30.1 Å². The lowest BCUT2D eigenvalue weighted by Gasteiger charge is -2.21. The number of carbonyl (C=O) groups excluding carboxylic acids is 1. The third kappa shape index (κ3) is 3.73. The summed E-state index contributed by atoms with van der Waals surface area (Å²) in [5.74, 6) is 1.60. The minimum Gasteiger partial charge on any atom is -0.493 e. The number of hydrogen-bond acceptors (Lipinski definition) is 4. The molecule has 1 aromatic rings. The normalized spacial score (nSPS) is 16.9. The maximum Gasteiger partial charge on any atom is 0.171 e. The number of hydrogen-bond donors (Lipinski definition) is 0. The van der Waals surface area contributed by atoms with Gasteiger partial charge in [0.05, 0.1) is 19.3 Å². The Hall–Kier alpha value is -1.55. The number of rotatable bonds is 7. The van der Waals surface area contributed by atoms with Gasteiger partial charge in [0.15, 0.2) is 17.8 Å². The molecule has 0 saturated carbocycles. The first kappa shape index (κ1) is 14.9. The topological polar surface area (TPSA) is 38.8 Å². The fourth-order valence-electron chi connectivity index (χ4n) is 2.63. The SMILES string of the molecule is COc1cccc(C=O)c1OCC(C)CN1CCCC1. The molecule has 0 spiro atoms. The van der Waals surface area contributed by atoms with Crippen LogP contribution in [0.2, 0.25) is 0 Å². The van der Waals surface area contributed by atoms with Crippen molar-refractivity contribution in [2.45, 2.75) is 19.8 Å². The number of nitrogens with zero attached hydrogens (tertiary/aromatic N) is 1. The molecule has 4 nitrogen and oxygen atoms in total. The number of para-hydroxylation sites is 1. The second kappa shape index (κ2) is 7.29. The average Bonchev–Trinajstić information content (AvgIpc) is 2.97. The van der Waals surface area contributed by atoms with E-state index in [1.54, 1.807) is 19.2 Å². The molecule has 2 rings (SSSR count). The number of likely N-dealkylation sites (tertiary alicyclic amines) is 1. The van der Waals surface area contributed by atoms with Gasteiger partial charge in [0.25, 0.3) is 0 Å². The number of carbonyl (C=O) groups is 1. The van der Waals surface area contributed by atoms with Crippen molar-refractivity contribution in [3.63, 3.8) is 0 Å². The molecule has 0 amide bonds. The first-order valence-corrected chi connectivity index (χ1v) is 7.22. The van der Waals surface area contributed by atoms with E-state index < -0.39 is 0 Å². The first-order chi connectivity index (χ1) is 9.74. The van der Waals surface area contributed by atoms with Gasteiger partial charge in [0.1, 0.15) is 0 Å². The molecule has 110 valence electrons. The van der Waals surface area contributed by atoms with E-state index in [9.17, 15) is 4.79 Å². The summed E-state index contributed by atoms with van der Waals surface area (Å²) in [6.45, 7) is 6.20. The van der Waals surface area contributed by atoms with Gasteiger partial charge >= 0.3 is 0 Å². The van der Waals surface area contributed by atoms with Crippen molar-refractivity contribution in [3.05, 3.63) is 23.8 Å². The predicted molar refractivity (Wildman–Crippen MR) is 78.7 cm³/mol. The average molecular weight is 277 g/mol. The Morgan fingerprint density at radius 1 is 1.35 bits per heavy atom. The van der Waals surface area contributed by atoms with Crippen LogP contribution in [0, 0.1) is 5.92 Å². The zero-order valence-corrected chi connectivity index (χ0v) is 12.3. The van der Waals surface area contributed by atoms with Crippen LogP contribution in [0.25, 0.3) is 0 Å². The first-order valence-electron chi connectivity index (χ1n) is 7.22. The van der Waals surface area contributed by atoms with Crippen LogP contribution in [0.4, 0.5) is 0 Å². The molecule has 4 heteroatoms. The highest BCUT2D eigenvalue weighted by Crippen LogP contribution is 2.30. The van der Waals surface area contributed by atoms with Crippen LogP contribution in [-0.2, 0) is 0 Å². The summed E-state index contributed by atoms with van der Waals surface area (Å²) in [5.41, 5.74) is 0.540. The van der Waals surface area contributed by atoms with E-state index in [1.165, 1.54) is 25.9 Å². The zero-order valence-electron chi connectivity index (χ0n) is 12.3. The summed E-state index contributed by atoms with van der Waals surface area (Å²) in [6.07, 6.45) is 3.41. The van der Waals surface area contributed by atoms with Crippen molar-refractivity contribution in [1.29, 1.82) is 0 Å². The lowest BCUT2D eigenvalue weighted by molar-refractivity contribution is 0.111. The minimum absolute atomic E-state index is 0.428. The van der Waals surface area contributed by atoms with E-state index in [4.69, 9.17) is 9.47 Å². The molecule has 1 aliphatic rings. The molecule has 1 aromatic carbocycles. The summed E-state index contributed by atoms with van der Waals surface area (Å²) < 4.78 is 11.1. The molecule has 20 heavy (non-hydrogen) atoms. The summed E-state index contributed by atoms with van der Waals surface area (Å²) in [5, 5.41) is 0. The Bertz CT molecular complexity index is 441. The zero-order chi connectivity index (χ0) is 14.4. The Morgan fingerprint density at radius 2 is 2.10 bits per heavy atom. The molecule has 1 heterocycles. The molecule has 1 unspecified atom stereocenters. The molecule has 1 atom stereocenters. The lowest BCUT2D eigenvalue weighted by Crippen LogP contribution is -2.28. The second-order valence-corrected chi connectivity index (χ2v) is 5.42. The minimum atomic E-state index is 0.428. The third-order valence-corrected chi connectivity index (χ3v) is 3.64. The Kier molecular flexibility index (Phi) is 5.41. The molecule has 1 aliphatic heterocycles. The molecular weight excluding hydrogens is 254 g/mol. The fraction of sp³-hybridized carbons (Fsp3) is 0.562. The van der Waals surface area contributed by atoms with Crippen molar-refractivity contribution in [2.24, 2.45) is 5.92 Å². The van der Waals surface area contributed by atoms with E-state index in [-0.39, 0.29) is 0 Å². The molecule has 1 fully saturated rings. The lowest BCUT2D eigenvalue weighted by atomic mass is 10.1. The summed E-state index contributed by atoms with van der Waals surface area (Å²) in [6, 6.07) is 5.35. The Labute approximate surface area is 120 Å². The highest BCUT2D eigenvalue weighted by Gasteiger charge is 2.16. The van der Waals surface area contributed by atoms with Gasteiger partial charge in [-0.3, -0.25) is 4.79 Å². The van der Waals surface area contributed by atoms with Crippen LogP contribution in [-0.4, -0.2) is 44.5 Å². The maximum atomic E-state index is 11.1. The van der Waals surface area contributed by atoms with Gasteiger partial charge in [0.2, 0.25) is 0 Å². The van der Waals surface area contributed by atoms with Gasteiger partial charge in [-0.15, -0.1) is 0 Å². The maximum absolute atomic E-state index is 11.1. The second-order valence-electron chi connectivity index (χ2n) is 5.42. The number of methoxy groups -OCH3 is 1. The molecular formula is C16H23NO3.